The number of carboxylic acids is 1. The number of amides is 12. The second-order valence-electron chi connectivity index (χ2n) is 25.4. The summed E-state index contributed by atoms with van der Waals surface area (Å²) < 4.78 is 0. The summed E-state index contributed by atoms with van der Waals surface area (Å²) in [6.07, 6.45) is 2.11. The lowest BCUT2D eigenvalue weighted by atomic mass is 9.99. The summed E-state index contributed by atoms with van der Waals surface area (Å²) in [5, 5.41) is 58.2. The number of nitrogens with zero attached hydrogens (tertiary/aromatic N) is 1. The third-order valence-electron chi connectivity index (χ3n) is 16.6. The third kappa shape index (κ3) is 23.9. The fraction of sp³-hybridized carbons (Fsp3) is 0.443. The maximum absolute atomic E-state index is 14.9. The highest BCUT2D eigenvalue weighted by Crippen LogP contribution is 2.22. The molecule has 5 aromatic rings. The van der Waals surface area contributed by atoms with Crippen LogP contribution in [0.5, 0.6) is 0 Å². The van der Waals surface area contributed by atoms with Crippen molar-refractivity contribution in [2.45, 2.75) is 153 Å². The molecule has 0 bridgehead atoms. The average molecular weight is 1390 g/mol. The first kappa shape index (κ1) is 78.4. The van der Waals surface area contributed by atoms with Gasteiger partial charge in [-0.05, 0) is 79.7 Å². The van der Waals surface area contributed by atoms with Crippen LogP contribution in [0.2, 0.25) is 0 Å². The molecule has 1 aromatic heterocycles. The van der Waals surface area contributed by atoms with Crippen molar-refractivity contribution in [1.29, 1.82) is 0 Å². The Labute approximate surface area is 578 Å². The molecule has 17 N–H and O–H groups in total. The number of carbonyl (C=O) groups excluding carboxylic acids is 12. The van der Waals surface area contributed by atoms with Crippen LogP contribution in [0.25, 0.3) is 10.9 Å². The number of rotatable bonds is 37. The molecule has 1 fully saturated rings. The molecule has 11 atom stereocenters. The van der Waals surface area contributed by atoms with E-state index in [9.17, 15) is 72.5 Å². The van der Waals surface area contributed by atoms with Crippen molar-refractivity contribution in [3.8, 4) is 0 Å². The number of nitrogens with two attached hydrogens (primary N) is 1. The van der Waals surface area contributed by atoms with Gasteiger partial charge < -0.3 is 89.4 Å². The van der Waals surface area contributed by atoms with Crippen molar-refractivity contribution in [2.24, 2.45) is 17.6 Å². The van der Waals surface area contributed by atoms with Crippen molar-refractivity contribution in [3.05, 3.63) is 144 Å². The number of benzene rings is 4. The number of nitrogens with one attached hydrogen (secondary N) is 12. The van der Waals surface area contributed by atoms with Crippen molar-refractivity contribution < 1.29 is 77.6 Å². The molecule has 0 unspecified atom stereocenters. The van der Waals surface area contributed by atoms with Gasteiger partial charge >= 0.3 is 5.97 Å². The number of H-pyrrole nitrogens is 1. The number of likely N-dealkylation sites (tertiary alicyclic amines) is 1. The third-order valence-corrected chi connectivity index (χ3v) is 16.6. The van der Waals surface area contributed by atoms with Crippen LogP contribution in [0.15, 0.2) is 121 Å². The molecule has 538 valence electrons. The van der Waals surface area contributed by atoms with E-state index < -0.39 is 176 Å². The molecule has 0 spiro atoms. The first-order valence-electron chi connectivity index (χ1n) is 33.1. The van der Waals surface area contributed by atoms with Crippen LogP contribution >= 0.6 is 0 Å². The number of aliphatic hydroxyl groups excluding tert-OH is 2. The molecule has 100 heavy (non-hydrogen) atoms. The van der Waals surface area contributed by atoms with E-state index in [0.717, 1.165) is 16.5 Å². The summed E-state index contributed by atoms with van der Waals surface area (Å²) in [6, 6.07) is 18.5. The van der Waals surface area contributed by atoms with E-state index in [-0.39, 0.29) is 51.0 Å². The number of carbonyl (C=O) groups is 13. The minimum absolute atomic E-state index is 0.0494. The van der Waals surface area contributed by atoms with Gasteiger partial charge in [0.15, 0.2) is 0 Å². The van der Waals surface area contributed by atoms with Gasteiger partial charge in [0.25, 0.3) is 0 Å². The summed E-state index contributed by atoms with van der Waals surface area (Å²) in [5.74, 6) is -12.1. The minimum Gasteiger partial charge on any atom is -0.480 e. The molecule has 2 heterocycles. The summed E-state index contributed by atoms with van der Waals surface area (Å²) in [7, 11) is 0. The maximum Gasteiger partial charge on any atom is 0.322 e. The standard InChI is InChI=1S/C70H92N14O16/c1-39(2)29-50(78-62(92)48(71)30-43-19-10-7-11-20-43)64(94)82-55(38-86)67(97)79-51(31-44-21-12-8-13-22-44)65(95)83-59(40(3)4)69(99)80-53(32-45-23-14-9-15-24-45)70(100)84-28-18-27-56(84)68(98)76-42(6)61(91)81-54(37-85)66(96)75-41(5)60(90)77-52(63(93)74-35-57(87)73-36-58(88)89)33-46-34-72-49-26-17-16-25-47(46)49/h7-17,19-26,34,39-42,48,50-56,59,72,85-86H,18,27-33,35-38,71H2,1-6H3,(H,73,87)(H,74,93)(H,75,96)(H,76,98)(H,77,90)(H,78,92)(H,79,97)(H,80,99)(H,81,91)(H,82,94)(H,83,95)(H,88,89)/t41-,42-,48-,50-,51-,52-,53-,54-,55-,56-,59-/m0/s1. The number of fused-ring (bicyclic) bond motifs is 1. The second-order valence-corrected chi connectivity index (χ2v) is 25.4. The van der Waals surface area contributed by atoms with Gasteiger partial charge in [-0.15, -0.1) is 0 Å². The highest BCUT2D eigenvalue weighted by molar-refractivity contribution is 6.00. The highest BCUT2D eigenvalue weighted by atomic mass is 16.4. The van der Waals surface area contributed by atoms with Crippen LogP contribution in [0.1, 0.15) is 83.1 Å². The first-order chi connectivity index (χ1) is 47.7. The van der Waals surface area contributed by atoms with Crippen LogP contribution in [-0.2, 0) is 88.0 Å². The monoisotopic (exact) mass is 1380 g/mol. The zero-order valence-electron chi connectivity index (χ0n) is 56.7. The van der Waals surface area contributed by atoms with Gasteiger partial charge in [-0.1, -0.05) is 137 Å². The van der Waals surface area contributed by atoms with Gasteiger partial charge in [-0.2, -0.15) is 0 Å². The van der Waals surface area contributed by atoms with E-state index in [1.165, 1.54) is 18.7 Å². The van der Waals surface area contributed by atoms with Gasteiger partial charge in [0.05, 0.1) is 25.8 Å². The minimum atomic E-state index is -1.68. The van der Waals surface area contributed by atoms with Gasteiger partial charge in [0.2, 0.25) is 70.9 Å². The Morgan fingerprint density at radius 2 is 0.960 bits per heavy atom. The normalized spacial score (nSPS) is 15.7. The van der Waals surface area contributed by atoms with Gasteiger partial charge in [0.1, 0.15) is 67.0 Å². The topological polar surface area (TPSA) is 460 Å². The quantitative estimate of drug-likeness (QED) is 0.0208. The summed E-state index contributed by atoms with van der Waals surface area (Å²) in [5.41, 5.74) is 9.57. The Morgan fingerprint density at radius 3 is 1.53 bits per heavy atom. The number of aromatic amines is 1. The molecular formula is C70H92N14O16. The van der Waals surface area contributed by atoms with Crippen LogP contribution in [0.3, 0.4) is 0 Å². The SMILES string of the molecule is CC(C)C[C@H](NC(=O)[C@@H](N)Cc1ccccc1)C(=O)N[C@@H](CO)C(=O)N[C@@H](Cc1ccccc1)C(=O)N[C@H](C(=O)N[C@@H](Cc1ccccc1)C(=O)N1CCC[C@H]1C(=O)N[C@@H](C)C(=O)N[C@@H](CO)C(=O)N[C@@H](C)C(=O)N[C@@H](Cc1c[nH]c2ccccc12)C(=O)NCC(=O)NCC(=O)O)C(C)C. The van der Waals surface area contributed by atoms with Gasteiger partial charge in [-0.25, -0.2) is 0 Å². The molecule has 0 aliphatic carbocycles. The van der Waals surface area contributed by atoms with E-state index in [1.54, 1.807) is 117 Å². The van der Waals surface area contributed by atoms with Gasteiger partial charge in [0, 0.05) is 42.9 Å². The molecule has 0 saturated carbocycles. The Morgan fingerprint density at radius 1 is 0.490 bits per heavy atom. The van der Waals surface area contributed by atoms with Crippen molar-refractivity contribution in [3.63, 3.8) is 0 Å². The second kappa shape index (κ2) is 38.5. The Balaban J connectivity index is 1.09. The lowest BCUT2D eigenvalue weighted by molar-refractivity contribution is -0.142. The van der Waals surface area contributed by atoms with Crippen LogP contribution in [0.4, 0.5) is 0 Å². The van der Waals surface area contributed by atoms with Gasteiger partial charge in [-0.3, -0.25) is 62.3 Å². The molecule has 4 aromatic carbocycles. The number of carboxylic acid groups (broad SMARTS) is 1. The summed E-state index contributed by atoms with van der Waals surface area (Å²) in [6.45, 7) is 6.34. The van der Waals surface area contributed by atoms with E-state index in [0.29, 0.717) is 23.1 Å². The molecule has 30 nitrogen and oxygen atoms in total. The molecule has 1 aliphatic heterocycles. The fourth-order valence-corrected chi connectivity index (χ4v) is 11.1. The smallest absolute Gasteiger partial charge is 0.322 e. The number of hydrogen-bond donors (Lipinski definition) is 16. The molecule has 12 amide bonds. The van der Waals surface area contributed by atoms with E-state index in [4.69, 9.17) is 10.8 Å². The lowest BCUT2D eigenvalue weighted by Gasteiger charge is -2.31. The molecule has 30 heteroatoms. The zero-order chi connectivity index (χ0) is 73.2. The number of aliphatic carboxylic acids is 1. The zero-order valence-corrected chi connectivity index (χ0v) is 56.7. The lowest BCUT2D eigenvalue weighted by Crippen LogP contribution is -2.62. The van der Waals surface area contributed by atoms with Crippen molar-refractivity contribution in [2.75, 3.05) is 32.8 Å². The fourth-order valence-electron chi connectivity index (χ4n) is 11.1. The van der Waals surface area contributed by atoms with E-state index in [1.807, 2.05) is 32.0 Å². The maximum atomic E-state index is 14.9. The number of hydrogen-bond acceptors (Lipinski definition) is 16. The predicted molar refractivity (Wildman–Crippen MR) is 366 cm³/mol. The summed E-state index contributed by atoms with van der Waals surface area (Å²) >= 11 is 0. The molecule has 1 saturated heterocycles. The summed E-state index contributed by atoms with van der Waals surface area (Å²) in [4.78, 5) is 181. The number of aromatic nitrogens is 1. The Kier molecular flexibility index (Phi) is 30.2. The molecular weight excluding hydrogens is 1290 g/mol. The largest absolute Gasteiger partial charge is 0.480 e. The first-order valence-corrected chi connectivity index (χ1v) is 33.1. The van der Waals surface area contributed by atoms with Crippen molar-refractivity contribution in [1.82, 2.24) is 68.4 Å². The molecule has 1 aliphatic rings. The van der Waals surface area contributed by atoms with Crippen LogP contribution < -0.4 is 64.2 Å². The Hall–Kier alpha value is -10.6. The Bertz CT molecular complexity index is 3650. The number of aliphatic hydroxyl groups is 2. The van der Waals surface area contributed by atoms with Crippen LogP contribution in [-0.4, -0.2) is 201 Å². The van der Waals surface area contributed by atoms with Crippen LogP contribution in [0, 0.1) is 11.8 Å². The predicted octanol–water partition coefficient (Wildman–Crippen LogP) is -1.84. The molecule has 6 rings (SSSR count). The number of para-hydroxylation sites is 1. The van der Waals surface area contributed by atoms with Crippen molar-refractivity contribution >= 4 is 87.8 Å². The highest BCUT2D eigenvalue weighted by Gasteiger charge is 2.41. The van der Waals surface area contributed by atoms with E-state index in [2.05, 4.69) is 63.5 Å². The molecule has 0 radical (unpaired) electrons. The average Bonchev–Trinajstić information content (AvgIpc) is 1.56. The van der Waals surface area contributed by atoms with E-state index >= 15 is 0 Å².